The fraction of sp³-hybridized carbons (Fsp3) is 0.276. The first-order valence-corrected chi connectivity index (χ1v) is 13.3. The molecule has 0 radical (unpaired) electrons. The highest BCUT2D eigenvalue weighted by Crippen LogP contribution is 2.40. The van der Waals surface area contributed by atoms with Gasteiger partial charge in [-0.15, -0.1) is 0 Å². The third-order valence-electron chi connectivity index (χ3n) is 6.60. The molecule has 2 aliphatic rings. The number of carboxylic acids is 1. The number of rotatable bonds is 6. The number of carbonyl (C=O) groups is 3. The van der Waals surface area contributed by atoms with Crippen LogP contribution in [0.1, 0.15) is 42.2 Å². The minimum absolute atomic E-state index is 0.0397. The van der Waals surface area contributed by atoms with E-state index in [-0.39, 0.29) is 25.0 Å². The topological polar surface area (TPSA) is 114 Å². The Kier molecular flexibility index (Phi) is 7.78. The molecule has 0 spiro atoms. The SMILES string of the molecule is CC(C)OC(=O)N1Cc2cc3c(cc2CC1C(=O)O)NC(=O)[C@H](c1ccc(OCc2ccc(Cl)c(Cl)c2)cc1)O3. The van der Waals surface area contributed by atoms with Gasteiger partial charge < -0.3 is 24.6 Å². The van der Waals surface area contributed by atoms with E-state index in [4.69, 9.17) is 37.4 Å². The van der Waals surface area contributed by atoms with Gasteiger partial charge in [-0.3, -0.25) is 9.69 Å². The Labute approximate surface area is 240 Å². The second-order valence-corrected chi connectivity index (χ2v) is 10.6. The van der Waals surface area contributed by atoms with Gasteiger partial charge in [0, 0.05) is 12.0 Å². The molecule has 2 aliphatic heterocycles. The van der Waals surface area contributed by atoms with Crippen molar-refractivity contribution >= 4 is 46.9 Å². The molecule has 0 aliphatic carbocycles. The first kappa shape index (κ1) is 27.6. The molecule has 2 amide bonds. The summed E-state index contributed by atoms with van der Waals surface area (Å²) in [6, 6.07) is 14.6. The van der Waals surface area contributed by atoms with Crippen molar-refractivity contribution in [3.05, 3.63) is 86.9 Å². The quantitative estimate of drug-likeness (QED) is 0.365. The number of carboxylic acid groups (broad SMARTS) is 1. The molecule has 3 aromatic rings. The molecule has 2 N–H and O–H groups in total. The number of ether oxygens (including phenoxy) is 3. The van der Waals surface area contributed by atoms with Crippen molar-refractivity contribution in [3.63, 3.8) is 0 Å². The average molecular weight is 585 g/mol. The molecule has 208 valence electrons. The number of benzene rings is 3. The molecule has 0 saturated carbocycles. The van der Waals surface area contributed by atoms with Gasteiger partial charge in [0.2, 0.25) is 6.10 Å². The normalized spacial score (nSPS) is 17.8. The zero-order chi connectivity index (χ0) is 28.6. The zero-order valence-corrected chi connectivity index (χ0v) is 23.2. The number of halogens is 2. The van der Waals surface area contributed by atoms with Crippen LogP contribution in [0.3, 0.4) is 0 Å². The molecule has 11 heteroatoms. The highest BCUT2D eigenvalue weighted by molar-refractivity contribution is 6.42. The molecule has 1 unspecified atom stereocenters. The second-order valence-electron chi connectivity index (χ2n) is 9.83. The van der Waals surface area contributed by atoms with E-state index in [0.717, 1.165) is 11.1 Å². The summed E-state index contributed by atoms with van der Waals surface area (Å²) in [7, 11) is 0. The minimum Gasteiger partial charge on any atom is -0.489 e. The minimum atomic E-state index is -1.13. The molecular weight excluding hydrogens is 559 g/mol. The van der Waals surface area contributed by atoms with Gasteiger partial charge >= 0.3 is 12.1 Å². The van der Waals surface area contributed by atoms with E-state index in [1.54, 1.807) is 62.4 Å². The third-order valence-corrected chi connectivity index (χ3v) is 7.34. The first-order valence-electron chi connectivity index (χ1n) is 12.6. The smallest absolute Gasteiger partial charge is 0.411 e. The highest BCUT2D eigenvalue weighted by Gasteiger charge is 2.38. The van der Waals surface area contributed by atoms with Crippen molar-refractivity contribution in [1.82, 2.24) is 4.90 Å². The van der Waals surface area contributed by atoms with Crippen molar-refractivity contribution in [1.29, 1.82) is 0 Å². The highest BCUT2D eigenvalue weighted by atomic mass is 35.5. The Morgan fingerprint density at radius 2 is 1.82 bits per heavy atom. The molecule has 2 heterocycles. The van der Waals surface area contributed by atoms with Crippen LogP contribution in [0.5, 0.6) is 11.5 Å². The van der Waals surface area contributed by atoms with Crippen LogP contribution in [-0.2, 0) is 33.9 Å². The Morgan fingerprint density at radius 1 is 1.07 bits per heavy atom. The third kappa shape index (κ3) is 5.80. The molecule has 3 aromatic carbocycles. The van der Waals surface area contributed by atoms with Gasteiger partial charge in [0.15, 0.2) is 0 Å². The van der Waals surface area contributed by atoms with E-state index < -0.39 is 24.2 Å². The number of carbonyl (C=O) groups excluding carboxylic acids is 2. The standard InChI is InChI=1S/C29H26Cl2N2O7/c1-15(2)39-29(37)33-13-19-12-25-23(10-18(19)11-24(33)28(35)36)32-27(34)26(40-25)17-4-6-20(7-5-17)38-14-16-3-8-21(30)22(31)9-16/h3-10,12,15,24,26H,11,13-14H2,1-2H3,(H,32,34)(H,35,36)/t24?,26-/m0/s1. The van der Waals surface area contributed by atoms with E-state index in [0.29, 0.717) is 45.0 Å². The van der Waals surface area contributed by atoms with E-state index in [1.807, 2.05) is 6.07 Å². The second kappa shape index (κ2) is 11.3. The number of amides is 2. The number of anilines is 1. The lowest BCUT2D eigenvalue weighted by molar-refractivity contribution is -0.143. The summed E-state index contributed by atoms with van der Waals surface area (Å²) in [4.78, 5) is 38.7. The number of nitrogens with one attached hydrogen (secondary N) is 1. The van der Waals surface area contributed by atoms with Crippen LogP contribution in [-0.4, -0.2) is 40.1 Å². The lowest BCUT2D eigenvalue weighted by atomic mass is 9.92. The largest absolute Gasteiger partial charge is 0.489 e. The van der Waals surface area contributed by atoms with Gasteiger partial charge in [0.05, 0.1) is 28.4 Å². The van der Waals surface area contributed by atoms with Crippen LogP contribution >= 0.6 is 23.2 Å². The van der Waals surface area contributed by atoms with Gasteiger partial charge in [0.1, 0.15) is 24.1 Å². The molecule has 5 rings (SSSR count). The maximum absolute atomic E-state index is 12.9. The van der Waals surface area contributed by atoms with Crippen molar-refractivity contribution in [2.75, 3.05) is 5.32 Å². The van der Waals surface area contributed by atoms with Gasteiger partial charge in [0.25, 0.3) is 5.91 Å². The monoisotopic (exact) mass is 584 g/mol. The fourth-order valence-electron chi connectivity index (χ4n) is 4.63. The van der Waals surface area contributed by atoms with Crippen molar-refractivity contribution < 1.29 is 33.7 Å². The average Bonchev–Trinajstić information content (AvgIpc) is 2.91. The van der Waals surface area contributed by atoms with E-state index in [2.05, 4.69) is 5.32 Å². The molecule has 0 bridgehead atoms. The van der Waals surface area contributed by atoms with E-state index >= 15 is 0 Å². The Balaban J connectivity index is 1.31. The molecule has 9 nitrogen and oxygen atoms in total. The molecular formula is C29H26Cl2N2O7. The van der Waals surface area contributed by atoms with Crippen LogP contribution in [0.25, 0.3) is 0 Å². The van der Waals surface area contributed by atoms with Gasteiger partial charge in [-0.25, -0.2) is 9.59 Å². The van der Waals surface area contributed by atoms with Crippen LogP contribution < -0.4 is 14.8 Å². The number of nitrogens with zero attached hydrogens (tertiary/aromatic N) is 1. The predicted octanol–water partition coefficient (Wildman–Crippen LogP) is 6.00. The van der Waals surface area contributed by atoms with E-state index in [9.17, 15) is 19.5 Å². The van der Waals surface area contributed by atoms with Crippen molar-refractivity contribution in [2.45, 2.75) is 51.7 Å². The molecule has 0 aromatic heterocycles. The Bertz CT molecular complexity index is 1480. The van der Waals surface area contributed by atoms with Gasteiger partial charge in [-0.2, -0.15) is 0 Å². The van der Waals surface area contributed by atoms with Gasteiger partial charge in [-0.1, -0.05) is 41.4 Å². The maximum atomic E-state index is 12.9. The van der Waals surface area contributed by atoms with Crippen molar-refractivity contribution in [3.8, 4) is 11.5 Å². The number of hydrogen-bond acceptors (Lipinski definition) is 6. The summed E-state index contributed by atoms with van der Waals surface area (Å²) in [6.45, 7) is 3.73. The summed E-state index contributed by atoms with van der Waals surface area (Å²) in [5, 5.41) is 13.5. The van der Waals surface area contributed by atoms with Gasteiger partial charge in [-0.05, 0) is 66.9 Å². The molecule has 40 heavy (non-hydrogen) atoms. The Morgan fingerprint density at radius 3 is 2.50 bits per heavy atom. The Hall–Kier alpha value is -3.95. The summed E-state index contributed by atoms with van der Waals surface area (Å²) in [6.07, 6.45) is -1.92. The number of fused-ring (bicyclic) bond motifs is 2. The van der Waals surface area contributed by atoms with Crippen LogP contribution in [0, 0.1) is 0 Å². The summed E-state index contributed by atoms with van der Waals surface area (Å²) < 4.78 is 17.2. The number of hydrogen-bond donors (Lipinski definition) is 2. The lowest BCUT2D eigenvalue weighted by Crippen LogP contribution is -2.49. The zero-order valence-electron chi connectivity index (χ0n) is 21.6. The van der Waals surface area contributed by atoms with E-state index in [1.165, 1.54) is 4.90 Å². The van der Waals surface area contributed by atoms with Crippen molar-refractivity contribution in [2.24, 2.45) is 0 Å². The molecule has 0 saturated heterocycles. The lowest BCUT2D eigenvalue weighted by Gasteiger charge is -2.35. The summed E-state index contributed by atoms with van der Waals surface area (Å²) in [5.41, 5.74) is 3.36. The maximum Gasteiger partial charge on any atom is 0.411 e. The molecule has 0 fully saturated rings. The predicted molar refractivity (Wildman–Crippen MR) is 148 cm³/mol. The first-order chi connectivity index (χ1) is 19.1. The fourth-order valence-corrected chi connectivity index (χ4v) is 4.95. The molecule has 2 atom stereocenters. The summed E-state index contributed by atoms with van der Waals surface area (Å²) in [5.74, 6) is -0.463. The van der Waals surface area contributed by atoms with Crippen LogP contribution in [0.2, 0.25) is 10.0 Å². The number of aliphatic carboxylic acids is 1. The summed E-state index contributed by atoms with van der Waals surface area (Å²) >= 11 is 12.0. The van der Waals surface area contributed by atoms with Crippen LogP contribution in [0.15, 0.2) is 54.6 Å². The van der Waals surface area contributed by atoms with Crippen LogP contribution in [0.4, 0.5) is 10.5 Å².